The minimum absolute atomic E-state index is 0.773. The maximum atomic E-state index is 2.45. The minimum atomic E-state index is 0.773. The molecule has 1 aliphatic heterocycles. The van der Waals surface area contributed by atoms with Gasteiger partial charge in [-0.25, -0.2) is 0 Å². The number of hydrogen-bond donors (Lipinski definition) is 0. The highest BCUT2D eigenvalue weighted by Crippen LogP contribution is 2.48. The van der Waals surface area contributed by atoms with Crippen molar-refractivity contribution in [1.29, 1.82) is 0 Å². The van der Waals surface area contributed by atoms with Crippen LogP contribution in [0.5, 0.6) is 0 Å². The molecule has 0 radical (unpaired) electrons. The molecule has 1 atom stereocenters. The molecule has 0 aromatic carbocycles. The molecular formula is C9H17N. The first-order valence-electron chi connectivity index (χ1n) is 4.41. The predicted octanol–water partition coefficient (Wildman–Crippen LogP) is 1.74. The van der Waals surface area contributed by atoms with Gasteiger partial charge >= 0.3 is 0 Å². The first-order valence-corrected chi connectivity index (χ1v) is 4.41. The summed E-state index contributed by atoms with van der Waals surface area (Å²) in [7, 11) is 2.23. The van der Waals surface area contributed by atoms with Crippen LogP contribution in [-0.4, -0.2) is 25.0 Å². The van der Waals surface area contributed by atoms with E-state index in [1.54, 1.807) is 0 Å². The van der Waals surface area contributed by atoms with Gasteiger partial charge in [0.1, 0.15) is 0 Å². The smallest absolute Gasteiger partial charge is 0.00500 e. The van der Waals surface area contributed by atoms with E-state index >= 15 is 0 Å². The number of nitrogens with zero attached hydrogens (tertiary/aromatic N) is 1. The molecule has 1 nitrogen and oxygen atoms in total. The summed E-state index contributed by atoms with van der Waals surface area (Å²) in [4.78, 5) is 2.45. The van der Waals surface area contributed by atoms with E-state index in [0.717, 1.165) is 11.3 Å². The van der Waals surface area contributed by atoms with Crippen molar-refractivity contribution in [3.63, 3.8) is 0 Å². The first kappa shape index (κ1) is 6.66. The number of hydrogen-bond acceptors (Lipinski definition) is 1. The fourth-order valence-electron chi connectivity index (χ4n) is 2.81. The van der Waals surface area contributed by atoms with Gasteiger partial charge in [0.15, 0.2) is 0 Å². The van der Waals surface area contributed by atoms with E-state index in [0.29, 0.717) is 0 Å². The third-order valence-corrected chi connectivity index (χ3v) is 3.53. The summed E-state index contributed by atoms with van der Waals surface area (Å²) < 4.78 is 0. The average molecular weight is 139 g/mol. The van der Waals surface area contributed by atoms with Gasteiger partial charge in [-0.1, -0.05) is 19.8 Å². The Morgan fingerprint density at radius 2 is 2.10 bits per heavy atom. The van der Waals surface area contributed by atoms with E-state index < -0.39 is 0 Å². The summed E-state index contributed by atoms with van der Waals surface area (Å²) >= 11 is 0. The van der Waals surface area contributed by atoms with Crippen LogP contribution in [0.3, 0.4) is 0 Å². The molecule has 0 bridgehead atoms. The van der Waals surface area contributed by atoms with Gasteiger partial charge in [0.25, 0.3) is 0 Å². The van der Waals surface area contributed by atoms with Crippen molar-refractivity contribution in [2.75, 3.05) is 20.1 Å². The van der Waals surface area contributed by atoms with E-state index in [1.165, 1.54) is 32.4 Å². The molecule has 1 heterocycles. The van der Waals surface area contributed by atoms with Crippen LogP contribution in [-0.2, 0) is 0 Å². The van der Waals surface area contributed by atoms with Gasteiger partial charge in [0.05, 0.1) is 0 Å². The minimum Gasteiger partial charge on any atom is -0.305 e. The maximum Gasteiger partial charge on any atom is 0.00500 e. The lowest BCUT2D eigenvalue weighted by molar-refractivity contribution is -0.00516. The van der Waals surface area contributed by atoms with Crippen molar-refractivity contribution in [2.24, 2.45) is 11.3 Å². The van der Waals surface area contributed by atoms with Crippen LogP contribution in [0, 0.1) is 11.3 Å². The molecule has 1 saturated heterocycles. The Bertz CT molecular complexity index is 136. The largest absolute Gasteiger partial charge is 0.305 e. The molecule has 1 spiro atoms. The lowest BCUT2D eigenvalue weighted by Gasteiger charge is -2.49. The predicted molar refractivity (Wildman–Crippen MR) is 42.9 cm³/mol. The second-order valence-corrected chi connectivity index (χ2v) is 4.33. The van der Waals surface area contributed by atoms with Gasteiger partial charge < -0.3 is 4.90 Å². The average Bonchev–Trinajstić information content (AvgIpc) is 2.12. The van der Waals surface area contributed by atoms with Crippen LogP contribution in [0.2, 0.25) is 0 Å². The standard InChI is InChI=1S/C9H17N/c1-8-4-3-5-9(8)6-10(2)7-9/h8H,3-7H2,1-2H3. The highest BCUT2D eigenvalue weighted by Gasteiger charge is 2.47. The molecule has 10 heavy (non-hydrogen) atoms. The third-order valence-electron chi connectivity index (χ3n) is 3.53. The summed E-state index contributed by atoms with van der Waals surface area (Å²) in [5.74, 6) is 1.00. The molecule has 1 saturated carbocycles. The first-order chi connectivity index (χ1) is 4.73. The van der Waals surface area contributed by atoms with Crippen molar-refractivity contribution in [3.8, 4) is 0 Å². The lowest BCUT2D eigenvalue weighted by Crippen LogP contribution is -2.55. The van der Waals surface area contributed by atoms with Crippen LogP contribution in [0.25, 0.3) is 0 Å². The molecule has 0 aromatic rings. The fourth-order valence-corrected chi connectivity index (χ4v) is 2.81. The molecular weight excluding hydrogens is 122 g/mol. The molecule has 1 unspecified atom stereocenters. The molecule has 1 heteroatoms. The van der Waals surface area contributed by atoms with Crippen LogP contribution in [0.15, 0.2) is 0 Å². The second-order valence-electron chi connectivity index (χ2n) is 4.33. The summed E-state index contributed by atoms with van der Waals surface area (Å²) in [5.41, 5.74) is 0.773. The Balaban J connectivity index is 2.03. The molecule has 0 aromatic heterocycles. The van der Waals surface area contributed by atoms with Gasteiger partial charge in [-0.15, -0.1) is 0 Å². The Labute approximate surface area is 63.4 Å². The van der Waals surface area contributed by atoms with E-state index in [2.05, 4.69) is 18.9 Å². The fraction of sp³-hybridized carbons (Fsp3) is 1.00. The van der Waals surface area contributed by atoms with Gasteiger partial charge in [-0.3, -0.25) is 0 Å². The molecule has 0 N–H and O–H groups in total. The monoisotopic (exact) mass is 139 g/mol. The Kier molecular flexibility index (Phi) is 1.31. The molecule has 2 aliphatic rings. The maximum absolute atomic E-state index is 2.45. The van der Waals surface area contributed by atoms with Crippen molar-refractivity contribution in [1.82, 2.24) is 4.90 Å². The van der Waals surface area contributed by atoms with Crippen LogP contribution < -0.4 is 0 Å². The zero-order valence-electron chi connectivity index (χ0n) is 7.06. The highest BCUT2D eigenvalue weighted by molar-refractivity contribution is 5.00. The Morgan fingerprint density at radius 1 is 1.40 bits per heavy atom. The third kappa shape index (κ3) is 0.731. The van der Waals surface area contributed by atoms with Gasteiger partial charge in [-0.05, 0) is 24.8 Å². The summed E-state index contributed by atoms with van der Waals surface area (Å²) in [5, 5.41) is 0. The zero-order valence-corrected chi connectivity index (χ0v) is 7.06. The molecule has 2 fully saturated rings. The summed E-state index contributed by atoms with van der Waals surface area (Å²) in [6, 6.07) is 0. The van der Waals surface area contributed by atoms with Crippen LogP contribution in [0.1, 0.15) is 26.2 Å². The number of likely N-dealkylation sites (tertiary alicyclic amines) is 1. The number of rotatable bonds is 0. The molecule has 58 valence electrons. The molecule has 0 amide bonds. The van der Waals surface area contributed by atoms with E-state index in [4.69, 9.17) is 0 Å². The lowest BCUT2D eigenvalue weighted by atomic mass is 9.72. The van der Waals surface area contributed by atoms with Crippen molar-refractivity contribution in [3.05, 3.63) is 0 Å². The van der Waals surface area contributed by atoms with Crippen LogP contribution in [0.4, 0.5) is 0 Å². The normalized spacial score (nSPS) is 38.4. The zero-order chi connectivity index (χ0) is 7.19. The SMILES string of the molecule is CC1CCCC12CN(C)C2. The van der Waals surface area contributed by atoms with Crippen LogP contribution >= 0.6 is 0 Å². The van der Waals surface area contributed by atoms with Gasteiger partial charge in [-0.2, -0.15) is 0 Å². The summed E-state index contributed by atoms with van der Waals surface area (Å²) in [6.45, 7) is 5.17. The topological polar surface area (TPSA) is 3.24 Å². The molecule has 2 rings (SSSR count). The highest BCUT2D eigenvalue weighted by atomic mass is 15.2. The second kappa shape index (κ2) is 1.97. The van der Waals surface area contributed by atoms with E-state index in [1.807, 2.05) is 0 Å². The Hall–Kier alpha value is -0.0400. The van der Waals surface area contributed by atoms with E-state index in [9.17, 15) is 0 Å². The van der Waals surface area contributed by atoms with Crippen molar-refractivity contribution < 1.29 is 0 Å². The Morgan fingerprint density at radius 3 is 2.50 bits per heavy atom. The molecule has 1 aliphatic carbocycles. The quantitative estimate of drug-likeness (QED) is 0.494. The van der Waals surface area contributed by atoms with Crippen molar-refractivity contribution >= 4 is 0 Å². The summed E-state index contributed by atoms with van der Waals surface area (Å²) in [6.07, 6.45) is 4.46. The van der Waals surface area contributed by atoms with Gasteiger partial charge in [0.2, 0.25) is 0 Å². The van der Waals surface area contributed by atoms with E-state index in [-0.39, 0.29) is 0 Å². The van der Waals surface area contributed by atoms with Gasteiger partial charge in [0, 0.05) is 13.1 Å². The van der Waals surface area contributed by atoms with Crippen molar-refractivity contribution in [2.45, 2.75) is 26.2 Å².